The lowest BCUT2D eigenvalue weighted by Gasteiger charge is -2.38. The fourth-order valence-corrected chi connectivity index (χ4v) is 6.42. The summed E-state index contributed by atoms with van der Waals surface area (Å²) in [6.45, 7) is 10.3. The molecular formula is C30H38N6O4. The van der Waals surface area contributed by atoms with E-state index in [0.29, 0.717) is 12.2 Å². The van der Waals surface area contributed by atoms with Crippen LogP contribution < -0.4 is 10.6 Å². The number of aromatic nitrogens is 2. The zero-order valence-corrected chi connectivity index (χ0v) is 24.0. The lowest BCUT2D eigenvalue weighted by Crippen LogP contribution is -2.60. The van der Waals surface area contributed by atoms with Crippen molar-refractivity contribution in [2.24, 2.45) is 28.6 Å². The van der Waals surface area contributed by atoms with Crippen molar-refractivity contribution in [1.82, 2.24) is 25.7 Å². The summed E-state index contributed by atoms with van der Waals surface area (Å²) >= 11 is 0. The summed E-state index contributed by atoms with van der Waals surface area (Å²) in [5.74, 6) is -0.737. The lowest BCUT2D eigenvalue weighted by atomic mass is 9.85. The molecule has 0 spiro atoms. The molecule has 212 valence electrons. The van der Waals surface area contributed by atoms with E-state index in [1.54, 1.807) is 11.1 Å². The first-order valence-electron chi connectivity index (χ1n) is 13.9. The van der Waals surface area contributed by atoms with Crippen molar-refractivity contribution in [2.75, 3.05) is 13.7 Å². The highest BCUT2D eigenvalue weighted by molar-refractivity contribution is 5.95. The number of nitrogens with zero attached hydrogens (tertiary/aromatic N) is 4. The molecule has 0 bridgehead atoms. The molecule has 1 aliphatic heterocycles. The predicted octanol–water partition coefficient (Wildman–Crippen LogP) is 2.75. The van der Waals surface area contributed by atoms with E-state index in [-0.39, 0.29) is 35.0 Å². The number of methoxy groups -OCH3 is 1. The van der Waals surface area contributed by atoms with Crippen LogP contribution in [-0.4, -0.2) is 64.7 Å². The van der Waals surface area contributed by atoms with Crippen molar-refractivity contribution in [1.29, 1.82) is 5.26 Å². The molecule has 3 amide bonds. The third-order valence-electron chi connectivity index (χ3n) is 9.01. The third-order valence-corrected chi connectivity index (χ3v) is 9.01. The fourth-order valence-electron chi connectivity index (χ4n) is 6.42. The Balaban J connectivity index is 1.40. The molecule has 0 radical (unpaired) electrons. The summed E-state index contributed by atoms with van der Waals surface area (Å²) in [4.78, 5) is 42.8. The first-order valence-corrected chi connectivity index (χ1v) is 13.9. The van der Waals surface area contributed by atoms with Gasteiger partial charge in [-0.05, 0) is 41.4 Å². The third kappa shape index (κ3) is 4.92. The molecule has 6 atom stereocenters. The van der Waals surface area contributed by atoms with Crippen molar-refractivity contribution in [3.05, 3.63) is 36.2 Å². The molecule has 10 nitrogen and oxygen atoms in total. The van der Waals surface area contributed by atoms with Crippen LogP contribution in [0.25, 0.3) is 10.8 Å². The normalized spacial score (nSPS) is 25.3. The molecule has 40 heavy (non-hydrogen) atoms. The van der Waals surface area contributed by atoms with Gasteiger partial charge in [-0.25, -0.2) is 0 Å². The molecular weight excluding hydrogens is 508 g/mol. The van der Waals surface area contributed by atoms with Gasteiger partial charge in [0.25, 0.3) is 0 Å². The molecule has 2 aliphatic carbocycles. The number of hydrogen-bond donors (Lipinski definition) is 2. The number of likely N-dealkylation sites (tertiary alicyclic amines) is 1. The van der Waals surface area contributed by atoms with Crippen LogP contribution in [0, 0.1) is 39.9 Å². The summed E-state index contributed by atoms with van der Waals surface area (Å²) in [6, 6.07) is 6.93. The van der Waals surface area contributed by atoms with Gasteiger partial charge in [0.05, 0.1) is 12.3 Å². The Hall–Kier alpha value is -3.58. The molecule has 2 unspecified atom stereocenters. The highest BCUT2D eigenvalue weighted by Gasteiger charge is 2.70. The zero-order chi connectivity index (χ0) is 29.0. The second-order valence-electron chi connectivity index (χ2n) is 13.1. The molecule has 2 heterocycles. The van der Waals surface area contributed by atoms with Gasteiger partial charge in [0.2, 0.25) is 17.7 Å². The van der Waals surface area contributed by atoms with Crippen LogP contribution in [0.1, 0.15) is 59.2 Å². The number of nitrogens with one attached hydrogen (secondary N) is 2. The number of piperidine rings is 1. The number of amides is 3. The Labute approximate surface area is 234 Å². The Morgan fingerprint density at radius 2 is 1.88 bits per heavy atom. The molecule has 5 rings (SSSR count). The molecule has 2 N–H and O–H groups in total. The summed E-state index contributed by atoms with van der Waals surface area (Å²) in [7, 11) is 1.51. The standard InChI is InChI=1S/C30H38N6O4/c1-29(2,3)25(34-27(38)24(40-6)16-11-12-16)28(39)36-15-19-21(30(19,4)5)23(36)26(37)33-20(13-31)22-18-10-8-7-9-17(18)14-32-35-22/h7-10,14,16,19-21,23-25H,11-12,15H2,1-6H3,(H,33,37)(H,34,38)/t19-,20?,21-,23-,24?,25+/m0/s1. The van der Waals surface area contributed by atoms with Crippen molar-refractivity contribution in [3.8, 4) is 6.07 Å². The maximum Gasteiger partial charge on any atom is 0.250 e. The smallest absolute Gasteiger partial charge is 0.250 e. The number of carbonyl (C=O) groups excluding carboxylic acids is 3. The molecule has 3 fully saturated rings. The highest BCUT2D eigenvalue weighted by Crippen LogP contribution is 2.65. The predicted molar refractivity (Wildman–Crippen MR) is 147 cm³/mol. The second kappa shape index (κ2) is 10.1. The van der Waals surface area contributed by atoms with E-state index in [1.165, 1.54) is 7.11 Å². The lowest BCUT2D eigenvalue weighted by molar-refractivity contribution is -0.147. The van der Waals surface area contributed by atoms with Gasteiger partial charge in [0.15, 0.2) is 6.04 Å². The quantitative estimate of drug-likeness (QED) is 0.519. The maximum absolute atomic E-state index is 14.1. The topological polar surface area (TPSA) is 137 Å². The number of fused-ring (bicyclic) bond motifs is 2. The van der Waals surface area contributed by atoms with Crippen LogP contribution in [0.3, 0.4) is 0 Å². The minimum absolute atomic E-state index is 0.0519. The molecule has 3 aliphatic rings. The Kier molecular flexibility index (Phi) is 7.07. The van der Waals surface area contributed by atoms with E-state index in [0.717, 1.165) is 23.6 Å². The van der Waals surface area contributed by atoms with Crippen molar-refractivity contribution >= 4 is 28.5 Å². The number of carbonyl (C=O) groups is 3. The van der Waals surface area contributed by atoms with E-state index in [4.69, 9.17) is 4.74 Å². The minimum atomic E-state index is -1.04. The molecule has 1 aromatic heterocycles. The zero-order valence-electron chi connectivity index (χ0n) is 24.0. The monoisotopic (exact) mass is 546 g/mol. The summed E-state index contributed by atoms with van der Waals surface area (Å²) in [5, 5.41) is 25.6. The van der Waals surface area contributed by atoms with E-state index < -0.39 is 35.6 Å². The van der Waals surface area contributed by atoms with Crippen molar-refractivity contribution in [3.63, 3.8) is 0 Å². The number of ether oxygens (including phenoxy) is 1. The first kappa shape index (κ1) is 28.0. The Bertz CT molecular complexity index is 1370. The summed E-state index contributed by atoms with van der Waals surface area (Å²) in [6.07, 6.45) is 2.87. The number of benzene rings is 1. The average molecular weight is 547 g/mol. The fraction of sp³-hybridized carbons (Fsp3) is 0.600. The largest absolute Gasteiger partial charge is 0.371 e. The van der Waals surface area contributed by atoms with Crippen LogP contribution in [0.2, 0.25) is 0 Å². The van der Waals surface area contributed by atoms with Crippen molar-refractivity contribution in [2.45, 2.75) is 71.7 Å². The molecule has 2 aromatic rings. The molecule has 10 heteroatoms. The molecule has 1 saturated heterocycles. The first-order chi connectivity index (χ1) is 18.9. The Morgan fingerprint density at radius 3 is 2.50 bits per heavy atom. The van der Waals surface area contributed by atoms with E-state index in [1.807, 2.05) is 45.0 Å². The second-order valence-corrected chi connectivity index (χ2v) is 13.1. The van der Waals surface area contributed by atoms with Gasteiger partial charge in [0.1, 0.15) is 23.9 Å². The highest BCUT2D eigenvalue weighted by atomic mass is 16.5. The molecule has 2 saturated carbocycles. The van der Waals surface area contributed by atoms with E-state index in [2.05, 4.69) is 40.7 Å². The van der Waals surface area contributed by atoms with Crippen LogP contribution in [0.5, 0.6) is 0 Å². The van der Waals surface area contributed by atoms with Gasteiger partial charge in [-0.15, -0.1) is 0 Å². The Morgan fingerprint density at radius 1 is 1.18 bits per heavy atom. The van der Waals surface area contributed by atoms with E-state index >= 15 is 0 Å². The van der Waals surface area contributed by atoms with Gasteiger partial charge in [0, 0.05) is 24.4 Å². The summed E-state index contributed by atoms with van der Waals surface area (Å²) in [5.41, 5.74) is -0.360. The van der Waals surface area contributed by atoms with Crippen molar-refractivity contribution < 1.29 is 19.1 Å². The van der Waals surface area contributed by atoms with Crippen LogP contribution in [0.15, 0.2) is 30.5 Å². The van der Waals surface area contributed by atoms with Gasteiger partial charge < -0.3 is 20.3 Å². The van der Waals surface area contributed by atoms with Gasteiger partial charge >= 0.3 is 0 Å². The number of nitriles is 1. The average Bonchev–Trinajstić information content (AvgIpc) is 3.78. The van der Waals surface area contributed by atoms with Crippen LogP contribution >= 0.6 is 0 Å². The van der Waals surface area contributed by atoms with Crippen LogP contribution in [-0.2, 0) is 19.1 Å². The van der Waals surface area contributed by atoms with Gasteiger partial charge in [-0.1, -0.05) is 58.9 Å². The van der Waals surface area contributed by atoms with E-state index in [9.17, 15) is 19.6 Å². The molecule has 1 aromatic carbocycles. The SMILES string of the molecule is COC(C(=O)N[C@H](C(=O)N1C[C@H]2[C@@H]([C@H]1C(=O)NC(C#N)c1nncc3ccccc13)C2(C)C)C(C)(C)C)C1CC1. The summed E-state index contributed by atoms with van der Waals surface area (Å²) < 4.78 is 5.45. The van der Waals surface area contributed by atoms with Gasteiger partial charge in [-0.2, -0.15) is 15.5 Å². The number of hydrogen-bond acceptors (Lipinski definition) is 7. The number of rotatable bonds is 8. The van der Waals surface area contributed by atoms with Gasteiger partial charge in [-0.3, -0.25) is 14.4 Å². The maximum atomic E-state index is 14.1. The minimum Gasteiger partial charge on any atom is -0.371 e. The van der Waals surface area contributed by atoms with Crippen LogP contribution in [0.4, 0.5) is 0 Å².